The summed E-state index contributed by atoms with van der Waals surface area (Å²) < 4.78 is 2.27. The highest BCUT2D eigenvalue weighted by Gasteiger charge is 2.28. The number of carbonyl (C=O) groups is 1. The predicted octanol–water partition coefficient (Wildman–Crippen LogP) is 1.70. The molecule has 0 radical (unpaired) electrons. The van der Waals surface area contributed by atoms with Gasteiger partial charge in [-0.15, -0.1) is 21.5 Å². The Morgan fingerprint density at radius 2 is 2.12 bits per heavy atom. The molecule has 1 fully saturated rings. The van der Waals surface area contributed by atoms with Crippen LogP contribution in [0.5, 0.6) is 0 Å². The SMILES string of the molecule is Cc1ccc(CC(=O)N2CCC(c3nnc4n3CCNC4)CC2)s1. The Kier molecular flexibility index (Phi) is 4.37. The quantitative estimate of drug-likeness (QED) is 0.920. The van der Waals surface area contributed by atoms with Crippen LogP contribution in [0.4, 0.5) is 0 Å². The lowest BCUT2D eigenvalue weighted by atomic mass is 9.95. The second-order valence-corrected chi connectivity index (χ2v) is 8.02. The van der Waals surface area contributed by atoms with Crippen LogP contribution in [0.3, 0.4) is 0 Å². The maximum atomic E-state index is 12.5. The lowest BCUT2D eigenvalue weighted by Gasteiger charge is -2.32. The number of piperidine rings is 1. The van der Waals surface area contributed by atoms with Gasteiger partial charge in [-0.1, -0.05) is 0 Å². The van der Waals surface area contributed by atoms with Crippen LogP contribution in [-0.4, -0.2) is 45.2 Å². The first kappa shape index (κ1) is 15.8. The first-order chi connectivity index (χ1) is 11.7. The summed E-state index contributed by atoms with van der Waals surface area (Å²) in [5.41, 5.74) is 0. The normalized spacial score (nSPS) is 18.6. The smallest absolute Gasteiger partial charge is 0.227 e. The minimum atomic E-state index is 0.253. The van der Waals surface area contributed by atoms with E-state index in [-0.39, 0.29) is 5.91 Å². The lowest BCUT2D eigenvalue weighted by molar-refractivity contribution is -0.131. The molecule has 7 heteroatoms. The lowest BCUT2D eigenvalue weighted by Crippen LogP contribution is -2.39. The Hall–Kier alpha value is -1.73. The van der Waals surface area contributed by atoms with Crippen LogP contribution in [-0.2, 0) is 24.3 Å². The molecule has 1 N–H and O–H groups in total. The molecular formula is C17H23N5OS. The number of fused-ring (bicyclic) bond motifs is 1. The number of aromatic nitrogens is 3. The monoisotopic (exact) mass is 345 g/mol. The molecule has 0 saturated carbocycles. The summed E-state index contributed by atoms with van der Waals surface area (Å²) >= 11 is 1.72. The van der Waals surface area contributed by atoms with Gasteiger partial charge in [0.05, 0.1) is 13.0 Å². The number of carbonyl (C=O) groups excluding carboxylic acids is 1. The maximum Gasteiger partial charge on any atom is 0.227 e. The third-order valence-electron chi connectivity index (χ3n) is 4.99. The minimum absolute atomic E-state index is 0.253. The zero-order valence-corrected chi connectivity index (χ0v) is 14.8. The summed E-state index contributed by atoms with van der Waals surface area (Å²) in [7, 11) is 0. The van der Waals surface area contributed by atoms with Crippen LogP contribution >= 0.6 is 11.3 Å². The molecule has 4 heterocycles. The number of hydrogen-bond donors (Lipinski definition) is 1. The summed E-state index contributed by atoms with van der Waals surface area (Å²) in [5.74, 6) is 2.84. The van der Waals surface area contributed by atoms with Gasteiger partial charge in [-0.25, -0.2) is 0 Å². The van der Waals surface area contributed by atoms with Gasteiger partial charge in [0.2, 0.25) is 5.91 Å². The molecule has 2 aliphatic rings. The molecule has 0 atom stereocenters. The zero-order valence-electron chi connectivity index (χ0n) is 14.0. The van der Waals surface area contributed by atoms with Gasteiger partial charge >= 0.3 is 0 Å². The van der Waals surface area contributed by atoms with E-state index in [1.54, 1.807) is 11.3 Å². The number of likely N-dealkylation sites (tertiary alicyclic amines) is 1. The molecule has 0 aliphatic carbocycles. The van der Waals surface area contributed by atoms with Gasteiger partial charge in [0.15, 0.2) is 0 Å². The summed E-state index contributed by atoms with van der Waals surface area (Å²) in [4.78, 5) is 16.9. The molecule has 1 saturated heterocycles. The molecule has 0 bridgehead atoms. The summed E-state index contributed by atoms with van der Waals surface area (Å²) in [5, 5.41) is 12.1. The number of thiophene rings is 1. The van der Waals surface area contributed by atoms with Gasteiger partial charge in [0.25, 0.3) is 0 Å². The highest BCUT2D eigenvalue weighted by Crippen LogP contribution is 2.28. The van der Waals surface area contributed by atoms with Crippen LogP contribution in [0.25, 0.3) is 0 Å². The number of nitrogens with one attached hydrogen (secondary N) is 1. The Balaban J connectivity index is 1.36. The van der Waals surface area contributed by atoms with Crippen LogP contribution in [0.1, 0.15) is 40.2 Å². The largest absolute Gasteiger partial charge is 0.342 e. The predicted molar refractivity (Wildman–Crippen MR) is 93.0 cm³/mol. The van der Waals surface area contributed by atoms with E-state index >= 15 is 0 Å². The number of rotatable bonds is 3. The second-order valence-electron chi connectivity index (χ2n) is 6.65. The Bertz CT molecular complexity index is 729. The van der Waals surface area contributed by atoms with E-state index in [1.807, 2.05) is 4.90 Å². The number of aryl methyl sites for hydroxylation is 1. The molecule has 2 aliphatic heterocycles. The molecule has 6 nitrogen and oxygen atoms in total. The van der Waals surface area contributed by atoms with Gasteiger partial charge in [-0.2, -0.15) is 0 Å². The second kappa shape index (κ2) is 6.64. The third kappa shape index (κ3) is 3.10. The molecule has 0 unspecified atom stereocenters. The van der Waals surface area contributed by atoms with Crippen molar-refractivity contribution in [3.63, 3.8) is 0 Å². The van der Waals surface area contributed by atoms with Gasteiger partial charge in [0.1, 0.15) is 11.6 Å². The maximum absolute atomic E-state index is 12.5. The first-order valence-electron chi connectivity index (χ1n) is 8.66. The molecule has 24 heavy (non-hydrogen) atoms. The summed E-state index contributed by atoms with van der Waals surface area (Å²) in [6.07, 6.45) is 2.51. The van der Waals surface area contributed by atoms with E-state index in [1.165, 1.54) is 9.75 Å². The number of amides is 1. The molecule has 0 spiro atoms. The van der Waals surface area contributed by atoms with Gasteiger partial charge < -0.3 is 14.8 Å². The van der Waals surface area contributed by atoms with Crippen molar-refractivity contribution in [2.75, 3.05) is 19.6 Å². The van der Waals surface area contributed by atoms with E-state index in [2.05, 4.69) is 39.1 Å². The van der Waals surface area contributed by atoms with Crippen LogP contribution in [0.15, 0.2) is 12.1 Å². The van der Waals surface area contributed by atoms with Crippen molar-refractivity contribution in [3.8, 4) is 0 Å². The number of hydrogen-bond acceptors (Lipinski definition) is 5. The van der Waals surface area contributed by atoms with Crippen molar-refractivity contribution in [2.24, 2.45) is 0 Å². The Morgan fingerprint density at radius 3 is 2.88 bits per heavy atom. The Morgan fingerprint density at radius 1 is 1.29 bits per heavy atom. The van der Waals surface area contributed by atoms with Crippen molar-refractivity contribution in [1.29, 1.82) is 0 Å². The highest BCUT2D eigenvalue weighted by molar-refractivity contribution is 7.12. The first-order valence-corrected chi connectivity index (χ1v) is 9.48. The van der Waals surface area contributed by atoms with E-state index in [9.17, 15) is 4.79 Å². The molecule has 0 aromatic carbocycles. The van der Waals surface area contributed by atoms with Crippen molar-refractivity contribution >= 4 is 17.2 Å². The van der Waals surface area contributed by atoms with Crippen LogP contribution in [0, 0.1) is 6.92 Å². The summed E-state index contributed by atoms with van der Waals surface area (Å²) in [6, 6.07) is 4.16. The fraction of sp³-hybridized carbons (Fsp3) is 0.588. The van der Waals surface area contributed by atoms with Crippen molar-refractivity contribution in [3.05, 3.63) is 33.5 Å². The molecule has 4 rings (SSSR count). The van der Waals surface area contributed by atoms with Crippen LogP contribution < -0.4 is 5.32 Å². The topological polar surface area (TPSA) is 63.1 Å². The van der Waals surface area contributed by atoms with Crippen molar-refractivity contribution < 1.29 is 4.79 Å². The average Bonchev–Trinajstić information content (AvgIpc) is 3.21. The molecular weight excluding hydrogens is 322 g/mol. The average molecular weight is 345 g/mol. The highest BCUT2D eigenvalue weighted by atomic mass is 32.1. The van der Waals surface area contributed by atoms with Gasteiger partial charge in [0, 0.05) is 41.9 Å². The van der Waals surface area contributed by atoms with E-state index in [0.717, 1.165) is 57.2 Å². The molecule has 2 aromatic rings. The van der Waals surface area contributed by atoms with E-state index < -0.39 is 0 Å². The van der Waals surface area contributed by atoms with Gasteiger partial charge in [-0.3, -0.25) is 4.79 Å². The van der Waals surface area contributed by atoms with Crippen molar-refractivity contribution in [1.82, 2.24) is 25.0 Å². The standard InChI is InChI=1S/C17H23N5OS/c1-12-2-3-14(24-12)10-16(23)21-7-4-13(5-8-21)17-20-19-15-11-18-6-9-22(15)17/h2-3,13,18H,4-11H2,1H3. The molecule has 2 aromatic heterocycles. The zero-order chi connectivity index (χ0) is 16.5. The molecule has 1 amide bonds. The Labute approximate surface area is 145 Å². The van der Waals surface area contributed by atoms with Crippen LogP contribution in [0.2, 0.25) is 0 Å². The summed E-state index contributed by atoms with van der Waals surface area (Å²) in [6.45, 7) is 6.48. The molecule has 128 valence electrons. The fourth-order valence-electron chi connectivity index (χ4n) is 3.64. The van der Waals surface area contributed by atoms with Crippen molar-refractivity contribution in [2.45, 2.75) is 45.2 Å². The fourth-order valence-corrected chi connectivity index (χ4v) is 4.53. The van der Waals surface area contributed by atoms with E-state index in [4.69, 9.17) is 0 Å². The van der Waals surface area contributed by atoms with E-state index in [0.29, 0.717) is 12.3 Å². The number of nitrogens with zero attached hydrogens (tertiary/aromatic N) is 4. The third-order valence-corrected chi connectivity index (χ3v) is 5.99. The minimum Gasteiger partial charge on any atom is -0.342 e. The van der Waals surface area contributed by atoms with Gasteiger partial charge in [-0.05, 0) is 31.9 Å².